The van der Waals surface area contributed by atoms with E-state index < -0.39 is 5.97 Å². The Labute approximate surface area is 146 Å². The van der Waals surface area contributed by atoms with Gasteiger partial charge in [0.2, 0.25) is 5.91 Å². The lowest BCUT2D eigenvalue weighted by atomic mass is 9.91. The number of aromatic amines is 1. The van der Waals surface area contributed by atoms with Crippen molar-refractivity contribution in [2.45, 2.75) is 31.6 Å². The van der Waals surface area contributed by atoms with Crippen LogP contribution in [0.1, 0.15) is 37.2 Å². The van der Waals surface area contributed by atoms with Crippen molar-refractivity contribution in [3.05, 3.63) is 23.9 Å². The number of likely N-dealkylation sites (tertiary alicyclic amines) is 1. The molecule has 7 nitrogen and oxygen atoms in total. The van der Waals surface area contributed by atoms with Crippen molar-refractivity contribution in [2.24, 2.45) is 0 Å². The van der Waals surface area contributed by atoms with Gasteiger partial charge in [-0.05, 0) is 56.6 Å². The van der Waals surface area contributed by atoms with E-state index in [0.717, 1.165) is 37.0 Å². The van der Waals surface area contributed by atoms with Gasteiger partial charge in [0.15, 0.2) is 0 Å². The Hall–Kier alpha value is -2.41. The number of piperidine rings is 1. The topological polar surface area (TPSA) is 87.3 Å². The molecular formula is C18H24N4O3. The van der Waals surface area contributed by atoms with Gasteiger partial charge in [-0.2, -0.15) is 0 Å². The van der Waals surface area contributed by atoms with Crippen molar-refractivity contribution in [1.82, 2.24) is 14.9 Å². The molecule has 0 saturated carbocycles. The third-order valence-electron chi connectivity index (χ3n) is 4.76. The van der Waals surface area contributed by atoms with Gasteiger partial charge in [0.1, 0.15) is 5.82 Å². The first-order valence-corrected chi connectivity index (χ1v) is 8.60. The van der Waals surface area contributed by atoms with Gasteiger partial charge in [0.05, 0.1) is 24.6 Å². The summed E-state index contributed by atoms with van der Waals surface area (Å²) in [6, 6.07) is 3.70. The number of rotatable bonds is 5. The Morgan fingerprint density at radius 3 is 2.80 bits per heavy atom. The first kappa shape index (κ1) is 17.4. The minimum atomic E-state index is -0.395. The lowest BCUT2D eigenvalue weighted by Crippen LogP contribution is -2.29. The summed E-state index contributed by atoms with van der Waals surface area (Å²) in [5.41, 5.74) is 3.11. The number of carbonyl (C=O) groups excluding carboxylic acids is 2. The Morgan fingerprint density at radius 1 is 1.32 bits per heavy atom. The molecule has 2 aromatic rings. The molecule has 7 heteroatoms. The largest absolute Gasteiger partial charge is 0.469 e. The molecule has 3 heterocycles. The number of H-pyrrole nitrogens is 1. The third kappa shape index (κ3) is 4.17. The molecule has 3 rings (SSSR count). The fourth-order valence-corrected chi connectivity index (χ4v) is 3.24. The summed E-state index contributed by atoms with van der Waals surface area (Å²) in [7, 11) is 3.46. The molecular weight excluding hydrogens is 320 g/mol. The number of anilines is 1. The summed E-state index contributed by atoms with van der Waals surface area (Å²) in [4.78, 5) is 33.3. The van der Waals surface area contributed by atoms with Gasteiger partial charge in [-0.25, -0.2) is 4.98 Å². The number of nitrogens with zero attached hydrogens (tertiary/aromatic N) is 2. The van der Waals surface area contributed by atoms with Gasteiger partial charge >= 0.3 is 5.97 Å². The molecule has 0 unspecified atom stereocenters. The standard InChI is InChI=1S/C18H24N4O3/c1-22-9-7-12(8-10-22)13-11-19-14-3-4-15(21-18(13)14)20-16(23)5-6-17(24)25-2/h3-4,11-12,19H,5-10H2,1-2H3,(H,20,21,23). The van der Waals surface area contributed by atoms with E-state index in [1.807, 2.05) is 12.3 Å². The van der Waals surface area contributed by atoms with Crippen LogP contribution in [-0.2, 0) is 14.3 Å². The maximum atomic E-state index is 12.0. The minimum absolute atomic E-state index is 0.0651. The maximum Gasteiger partial charge on any atom is 0.306 e. The zero-order valence-corrected chi connectivity index (χ0v) is 14.7. The van der Waals surface area contributed by atoms with Crippen molar-refractivity contribution < 1.29 is 14.3 Å². The highest BCUT2D eigenvalue weighted by atomic mass is 16.5. The van der Waals surface area contributed by atoms with Crippen LogP contribution in [0.25, 0.3) is 11.0 Å². The predicted octanol–water partition coefficient (Wildman–Crippen LogP) is 2.26. The average Bonchev–Trinajstić information content (AvgIpc) is 3.03. The SMILES string of the molecule is COC(=O)CCC(=O)Nc1ccc2[nH]cc(C3CCN(C)CC3)c2n1. The van der Waals surface area contributed by atoms with Gasteiger partial charge in [-0.1, -0.05) is 0 Å². The quantitative estimate of drug-likeness (QED) is 0.813. The van der Waals surface area contributed by atoms with Crippen LogP contribution >= 0.6 is 0 Å². The number of pyridine rings is 1. The second-order valence-electron chi connectivity index (χ2n) is 6.54. The van der Waals surface area contributed by atoms with Crippen LogP contribution in [0.2, 0.25) is 0 Å². The molecule has 1 aliphatic rings. The Balaban J connectivity index is 1.72. The summed E-state index contributed by atoms with van der Waals surface area (Å²) in [6.07, 6.45) is 4.41. The number of nitrogens with one attached hydrogen (secondary N) is 2. The van der Waals surface area contributed by atoms with Gasteiger partial charge in [-0.15, -0.1) is 0 Å². The van der Waals surface area contributed by atoms with Crippen molar-refractivity contribution in [3.8, 4) is 0 Å². The van der Waals surface area contributed by atoms with Crippen molar-refractivity contribution in [1.29, 1.82) is 0 Å². The second kappa shape index (κ2) is 7.65. The first-order chi connectivity index (χ1) is 12.1. The molecule has 25 heavy (non-hydrogen) atoms. The maximum absolute atomic E-state index is 12.0. The van der Waals surface area contributed by atoms with E-state index in [-0.39, 0.29) is 18.7 Å². The fraction of sp³-hybridized carbons (Fsp3) is 0.500. The summed E-state index contributed by atoms with van der Waals surface area (Å²) in [5.74, 6) is 0.362. The zero-order chi connectivity index (χ0) is 17.8. The zero-order valence-electron chi connectivity index (χ0n) is 14.7. The Morgan fingerprint density at radius 2 is 2.08 bits per heavy atom. The molecule has 1 fully saturated rings. The minimum Gasteiger partial charge on any atom is -0.469 e. The summed E-state index contributed by atoms with van der Waals surface area (Å²) in [5, 5.41) is 2.76. The number of esters is 1. The number of methoxy groups -OCH3 is 1. The normalized spacial score (nSPS) is 16.1. The van der Waals surface area contributed by atoms with E-state index in [1.165, 1.54) is 12.7 Å². The highest BCUT2D eigenvalue weighted by Gasteiger charge is 2.22. The number of carbonyl (C=O) groups is 2. The first-order valence-electron chi connectivity index (χ1n) is 8.60. The molecule has 2 aromatic heterocycles. The number of hydrogen-bond acceptors (Lipinski definition) is 5. The molecule has 0 bridgehead atoms. The van der Waals surface area contributed by atoms with E-state index in [2.05, 4.69) is 32.0 Å². The molecule has 0 spiro atoms. The van der Waals surface area contributed by atoms with Crippen molar-refractivity contribution >= 4 is 28.7 Å². The molecule has 1 saturated heterocycles. The van der Waals surface area contributed by atoms with Crippen molar-refractivity contribution in [3.63, 3.8) is 0 Å². The third-order valence-corrected chi connectivity index (χ3v) is 4.76. The van der Waals surface area contributed by atoms with Crippen LogP contribution < -0.4 is 5.32 Å². The fourth-order valence-electron chi connectivity index (χ4n) is 3.24. The van der Waals surface area contributed by atoms with E-state index in [0.29, 0.717) is 11.7 Å². The van der Waals surface area contributed by atoms with E-state index >= 15 is 0 Å². The van der Waals surface area contributed by atoms with Gasteiger partial charge in [0, 0.05) is 12.6 Å². The summed E-state index contributed by atoms with van der Waals surface area (Å²) >= 11 is 0. The molecule has 1 aliphatic heterocycles. The number of amides is 1. The number of ether oxygens (including phenoxy) is 1. The average molecular weight is 344 g/mol. The van der Waals surface area contributed by atoms with E-state index in [4.69, 9.17) is 0 Å². The molecule has 0 aliphatic carbocycles. The van der Waals surface area contributed by atoms with Crippen LogP contribution in [0.4, 0.5) is 5.82 Å². The van der Waals surface area contributed by atoms with E-state index in [1.54, 1.807) is 6.07 Å². The Bertz CT molecular complexity index is 763. The molecule has 0 radical (unpaired) electrons. The van der Waals surface area contributed by atoms with Crippen LogP contribution in [0.3, 0.4) is 0 Å². The highest BCUT2D eigenvalue weighted by molar-refractivity contribution is 5.93. The van der Waals surface area contributed by atoms with Gasteiger partial charge < -0.3 is 19.9 Å². The smallest absolute Gasteiger partial charge is 0.306 e. The molecule has 0 aromatic carbocycles. The molecule has 0 atom stereocenters. The van der Waals surface area contributed by atoms with Crippen molar-refractivity contribution in [2.75, 3.05) is 32.6 Å². The van der Waals surface area contributed by atoms with Crippen LogP contribution in [0.5, 0.6) is 0 Å². The Kier molecular flexibility index (Phi) is 5.33. The van der Waals surface area contributed by atoms with Gasteiger partial charge in [0.25, 0.3) is 0 Å². The molecule has 2 N–H and O–H groups in total. The highest BCUT2D eigenvalue weighted by Crippen LogP contribution is 2.32. The number of hydrogen-bond donors (Lipinski definition) is 2. The lowest BCUT2D eigenvalue weighted by molar-refractivity contribution is -0.141. The van der Waals surface area contributed by atoms with Gasteiger partial charge in [-0.3, -0.25) is 9.59 Å². The summed E-state index contributed by atoms with van der Waals surface area (Å²) < 4.78 is 4.55. The van der Waals surface area contributed by atoms with E-state index in [9.17, 15) is 9.59 Å². The number of aromatic nitrogens is 2. The second-order valence-corrected chi connectivity index (χ2v) is 6.54. The summed E-state index contributed by atoms with van der Waals surface area (Å²) in [6.45, 7) is 2.17. The van der Waals surface area contributed by atoms with Crippen LogP contribution in [0, 0.1) is 0 Å². The molecule has 1 amide bonds. The lowest BCUT2D eigenvalue weighted by Gasteiger charge is -2.28. The van der Waals surface area contributed by atoms with Crippen LogP contribution in [0.15, 0.2) is 18.3 Å². The number of fused-ring (bicyclic) bond motifs is 1. The predicted molar refractivity (Wildman–Crippen MR) is 95.4 cm³/mol. The monoisotopic (exact) mass is 344 g/mol. The van der Waals surface area contributed by atoms with Crippen LogP contribution in [-0.4, -0.2) is 54.0 Å². The molecule has 134 valence electrons.